The van der Waals surface area contributed by atoms with E-state index in [0.29, 0.717) is 22.5 Å². The van der Waals surface area contributed by atoms with Crippen molar-refractivity contribution >= 4 is 17.5 Å². The van der Waals surface area contributed by atoms with E-state index in [9.17, 15) is 4.79 Å². The zero-order valence-electron chi connectivity index (χ0n) is 14.4. The van der Waals surface area contributed by atoms with Crippen LogP contribution in [0, 0.1) is 6.92 Å². The first-order chi connectivity index (χ1) is 12.5. The van der Waals surface area contributed by atoms with Gasteiger partial charge in [0.2, 0.25) is 0 Å². The second-order valence-electron chi connectivity index (χ2n) is 5.82. The molecule has 0 unspecified atom stereocenters. The molecule has 0 fully saturated rings. The Morgan fingerprint density at radius 1 is 1.27 bits per heavy atom. The smallest absolute Gasteiger partial charge is 0.261 e. The lowest BCUT2D eigenvalue weighted by molar-refractivity contribution is -0.127. The fourth-order valence-electron chi connectivity index (χ4n) is 2.25. The predicted molar refractivity (Wildman–Crippen MR) is 97.9 cm³/mol. The number of carbonyl (C=O) groups is 1. The monoisotopic (exact) mass is 371 g/mol. The van der Waals surface area contributed by atoms with E-state index in [0.717, 1.165) is 11.1 Å². The molecule has 0 spiro atoms. The number of carbonyl (C=O) groups excluding carboxylic acids is 1. The average molecular weight is 372 g/mol. The molecule has 1 atom stereocenters. The van der Waals surface area contributed by atoms with E-state index in [2.05, 4.69) is 15.5 Å². The number of hydrogen-bond donors (Lipinski definition) is 1. The summed E-state index contributed by atoms with van der Waals surface area (Å²) in [7, 11) is 0. The van der Waals surface area contributed by atoms with E-state index in [1.54, 1.807) is 31.2 Å². The van der Waals surface area contributed by atoms with Gasteiger partial charge in [-0.25, -0.2) is 0 Å². The Bertz CT molecular complexity index is 893. The van der Waals surface area contributed by atoms with Gasteiger partial charge in [0.1, 0.15) is 5.75 Å². The van der Waals surface area contributed by atoms with Crippen LogP contribution in [0.1, 0.15) is 18.3 Å². The van der Waals surface area contributed by atoms with Crippen LogP contribution in [-0.2, 0) is 11.3 Å². The fourth-order valence-corrected chi connectivity index (χ4v) is 2.43. The first kappa shape index (κ1) is 17.9. The minimum Gasteiger partial charge on any atom is -0.481 e. The summed E-state index contributed by atoms with van der Waals surface area (Å²) in [4.78, 5) is 16.5. The number of amides is 1. The standard InChI is InChI=1S/C19H18ClN3O3/c1-12-6-8-14(9-7-12)19-22-17(23-26-19)11-21-18(24)13(2)25-16-5-3-4-15(20)10-16/h3-10,13H,11H2,1-2H3,(H,21,24)/t13-/m0/s1. The molecular weight excluding hydrogens is 354 g/mol. The van der Waals surface area contributed by atoms with Gasteiger partial charge < -0.3 is 14.6 Å². The first-order valence-electron chi connectivity index (χ1n) is 8.11. The van der Waals surface area contributed by atoms with Gasteiger partial charge in [-0.3, -0.25) is 4.79 Å². The molecule has 0 bridgehead atoms. The van der Waals surface area contributed by atoms with Crippen LogP contribution in [0.25, 0.3) is 11.5 Å². The number of nitrogens with zero attached hydrogens (tertiary/aromatic N) is 2. The maximum absolute atomic E-state index is 12.2. The zero-order valence-corrected chi connectivity index (χ0v) is 15.2. The Morgan fingerprint density at radius 2 is 2.04 bits per heavy atom. The molecule has 3 rings (SSSR count). The van der Waals surface area contributed by atoms with Gasteiger partial charge in [0, 0.05) is 10.6 Å². The van der Waals surface area contributed by atoms with Crippen LogP contribution in [0.3, 0.4) is 0 Å². The molecule has 0 aliphatic rings. The van der Waals surface area contributed by atoms with Crippen LogP contribution < -0.4 is 10.1 Å². The predicted octanol–water partition coefficient (Wildman–Crippen LogP) is 3.78. The topological polar surface area (TPSA) is 77.2 Å². The van der Waals surface area contributed by atoms with Crippen LogP contribution in [0.15, 0.2) is 53.1 Å². The van der Waals surface area contributed by atoms with Gasteiger partial charge in [-0.15, -0.1) is 0 Å². The number of aromatic nitrogens is 2. The van der Waals surface area contributed by atoms with Crippen molar-refractivity contribution in [1.29, 1.82) is 0 Å². The highest BCUT2D eigenvalue weighted by Gasteiger charge is 2.16. The molecule has 3 aromatic rings. The second kappa shape index (κ2) is 8.01. The van der Waals surface area contributed by atoms with E-state index < -0.39 is 6.10 Å². The number of hydrogen-bond acceptors (Lipinski definition) is 5. The molecule has 0 aliphatic heterocycles. The average Bonchev–Trinajstić information content (AvgIpc) is 3.09. The molecule has 6 nitrogen and oxygen atoms in total. The third kappa shape index (κ3) is 4.61. The molecule has 7 heteroatoms. The van der Waals surface area contributed by atoms with Crippen LogP contribution in [-0.4, -0.2) is 22.2 Å². The summed E-state index contributed by atoms with van der Waals surface area (Å²) >= 11 is 5.90. The Balaban J connectivity index is 1.55. The highest BCUT2D eigenvalue weighted by Crippen LogP contribution is 2.19. The van der Waals surface area contributed by atoms with Gasteiger partial charge >= 0.3 is 0 Å². The van der Waals surface area contributed by atoms with Crippen molar-refractivity contribution in [2.75, 3.05) is 0 Å². The molecule has 0 aliphatic carbocycles. The molecule has 0 saturated carbocycles. The number of benzene rings is 2. The number of nitrogens with one attached hydrogen (secondary N) is 1. The number of aryl methyl sites for hydroxylation is 1. The van der Waals surface area contributed by atoms with Gasteiger partial charge in [-0.2, -0.15) is 4.98 Å². The molecule has 0 radical (unpaired) electrons. The lowest BCUT2D eigenvalue weighted by Gasteiger charge is -2.14. The van der Waals surface area contributed by atoms with Crippen molar-refractivity contribution in [3.8, 4) is 17.2 Å². The summed E-state index contributed by atoms with van der Waals surface area (Å²) < 4.78 is 10.8. The van der Waals surface area contributed by atoms with Crippen molar-refractivity contribution in [3.05, 3.63) is 64.9 Å². The summed E-state index contributed by atoms with van der Waals surface area (Å²) in [6, 6.07) is 14.6. The minimum absolute atomic E-state index is 0.150. The Hall–Kier alpha value is -2.86. The molecule has 2 aromatic carbocycles. The third-order valence-corrected chi connectivity index (χ3v) is 3.90. The van der Waals surface area contributed by atoms with E-state index in [1.165, 1.54) is 0 Å². The van der Waals surface area contributed by atoms with Crippen molar-refractivity contribution in [3.63, 3.8) is 0 Å². The minimum atomic E-state index is -0.683. The van der Waals surface area contributed by atoms with Crippen molar-refractivity contribution < 1.29 is 14.1 Å². The van der Waals surface area contributed by atoms with E-state index in [4.69, 9.17) is 20.9 Å². The quantitative estimate of drug-likeness (QED) is 0.713. The Labute approximate surface area is 156 Å². The summed E-state index contributed by atoms with van der Waals surface area (Å²) in [5.41, 5.74) is 1.98. The molecule has 1 amide bonds. The van der Waals surface area contributed by atoms with Crippen molar-refractivity contribution in [1.82, 2.24) is 15.5 Å². The molecule has 0 saturated heterocycles. The summed E-state index contributed by atoms with van der Waals surface area (Å²) in [6.07, 6.45) is -0.683. The fraction of sp³-hybridized carbons (Fsp3) is 0.211. The Morgan fingerprint density at radius 3 is 2.77 bits per heavy atom. The zero-order chi connectivity index (χ0) is 18.5. The molecule has 1 aromatic heterocycles. The van der Waals surface area contributed by atoms with Gasteiger partial charge in [-0.1, -0.05) is 40.5 Å². The molecular formula is C19H18ClN3O3. The highest BCUT2D eigenvalue weighted by atomic mass is 35.5. The lowest BCUT2D eigenvalue weighted by Crippen LogP contribution is -2.36. The van der Waals surface area contributed by atoms with E-state index in [-0.39, 0.29) is 12.5 Å². The van der Waals surface area contributed by atoms with E-state index >= 15 is 0 Å². The van der Waals surface area contributed by atoms with Crippen molar-refractivity contribution in [2.24, 2.45) is 0 Å². The van der Waals surface area contributed by atoms with Gasteiger partial charge in [0.15, 0.2) is 11.9 Å². The number of rotatable bonds is 6. The first-order valence-corrected chi connectivity index (χ1v) is 8.48. The molecule has 26 heavy (non-hydrogen) atoms. The van der Waals surface area contributed by atoms with E-state index in [1.807, 2.05) is 31.2 Å². The lowest BCUT2D eigenvalue weighted by atomic mass is 10.1. The summed E-state index contributed by atoms with van der Waals surface area (Å²) in [5.74, 6) is 1.05. The van der Waals surface area contributed by atoms with Crippen molar-refractivity contribution in [2.45, 2.75) is 26.5 Å². The van der Waals surface area contributed by atoms with Gasteiger partial charge in [-0.05, 0) is 44.2 Å². The summed E-state index contributed by atoms with van der Waals surface area (Å²) in [5, 5.41) is 7.16. The van der Waals surface area contributed by atoms with Crippen LogP contribution in [0.4, 0.5) is 0 Å². The van der Waals surface area contributed by atoms with Crippen LogP contribution in [0.2, 0.25) is 5.02 Å². The second-order valence-corrected chi connectivity index (χ2v) is 6.25. The number of ether oxygens (including phenoxy) is 1. The Kier molecular flexibility index (Phi) is 5.53. The van der Waals surface area contributed by atoms with Gasteiger partial charge in [0.25, 0.3) is 11.8 Å². The third-order valence-electron chi connectivity index (χ3n) is 3.67. The molecule has 134 valence electrons. The van der Waals surface area contributed by atoms with Crippen LogP contribution in [0.5, 0.6) is 5.75 Å². The van der Waals surface area contributed by atoms with Gasteiger partial charge in [0.05, 0.1) is 6.54 Å². The molecule has 1 heterocycles. The highest BCUT2D eigenvalue weighted by molar-refractivity contribution is 6.30. The maximum atomic E-state index is 12.2. The largest absolute Gasteiger partial charge is 0.481 e. The maximum Gasteiger partial charge on any atom is 0.261 e. The van der Waals surface area contributed by atoms with Crippen LogP contribution >= 0.6 is 11.6 Å². The number of halogens is 1. The normalized spacial score (nSPS) is 11.8. The SMILES string of the molecule is Cc1ccc(-c2nc(CNC(=O)[C@H](C)Oc3cccc(Cl)c3)no2)cc1. The summed E-state index contributed by atoms with van der Waals surface area (Å²) in [6.45, 7) is 3.81. The molecule has 1 N–H and O–H groups in total.